The van der Waals surface area contributed by atoms with Crippen LogP contribution in [0, 0.1) is 17.8 Å². The molecule has 1 aliphatic carbocycles. The summed E-state index contributed by atoms with van der Waals surface area (Å²) >= 11 is 0. The first-order chi connectivity index (χ1) is 16.7. The molecule has 6 rings (SSSR count). The number of anilines is 4. The number of fused-ring (bicyclic) bond motifs is 1. The maximum Gasteiger partial charge on any atom is 0.324 e. The summed E-state index contributed by atoms with van der Waals surface area (Å²) in [4.78, 5) is 21.5. The summed E-state index contributed by atoms with van der Waals surface area (Å²) in [5.41, 5.74) is 6.88. The molecule has 172 valence electrons. The third-order valence-corrected chi connectivity index (χ3v) is 6.53. The van der Waals surface area contributed by atoms with Crippen LogP contribution in [-0.2, 0) is 0 Å². The lowest BCUT2D eigenvalue weighted by molar-refractivity contribution is 0.282. The maximum absolute atomic E-state index is 5.95. The van der Waals surface area contributed by atoms with Crippen LogP contribution in [0.2, 0.25) is 0 Å². The van der Waals surface area contributed by atoms with Crippen LogP contribution in [0.5, 0.6) is 5.75 Å². The largest absolute Gasteiger partial charge is 0.493 e. The minimum absolute atomic E-state index is 0.0952. The number of aromatic nitrogens is 5. The van der Waals surface area contributed by atoms with Gasteiger partial charge in [-0.2, -0.15) is 19.9 Å². The molecule has 2 aromatic heterocycles. The summed E-state index contributed by atoms with van der Waals surface area (Å²) in [7, 11) is 1.87. The van der Waals surface area contributed by atoms with Gasteiger partial charge in [-0.1, -0.05) is 41.6 Å². The van der Waals surface area contributed by atoms with Gasteiger partial charge in [-0.25, -0.2) is 0 Å². The van der Waals surface area contributed by atoms with Crippen LogP contribution in [-0.4, -0.2) is 51.8 Å². The van der Waals surface area contributed by atoms with Crippen LogP contribution >= 0.6 is 0 Å². The third kappa shape index (κ3) is 3.87. The highest BCUT2D eigenvalue weighted by molar-refractivity contribution is 5.59. The molecule has 0 radical (unpaired) electrons. The van der Waals surface area contributed by atoms with E-state index in [1.165, 1.54) is 0 Å². The molecule has 1 aliphatic heterocycles. The third-order valence-electron chi connectivity index (χ3n) is 6.53. The van der Waals surface area contributed by atoms with E-state index in [0.717, 1.165) is 31.1 Å². The molecule has 2 fully saturated rings. The Bertz CT molecular complexity index is 1270. The number of nitrogens with two attached hydrogens (primary N) is 1. The van der Waals surface area contributed by atoms with Crippen LogP contribution < -0.4 is 20.3 Å². The molecule has 4 aromatic rings. The molecule has 34 heavy (non-hydrogen) atoms. The summed E-state index contributed by atoms with van der Waals surface area (Å²) < 4.78 is 11.5. The predicted molar refractivity (Wildman–Crippen MR) is 127 cm³/mol. The molecule has 0 amide bonds. The van der Waals surface area contributed by atoms with Crippen molar-refractivity contribution < 1.29 is 9.26 Å². The van der Waals surface area contributed by atoms with E-state index in [-0.39, 0.29) is 17.6 Å². The van der Waals surface area contributed by atoms with Crippen LogP contribution in [0.25, 0.3) is 11.6 Å². The summed E-state index contributed by atoms with van der Waals surface area (Å²) in [6.07, 6.45) is 0. The van der Waals surface area contributed by atoms with Crippen molar-refractivity contribution in [2.75, 3.05) is 42.3 Å². The van der Waals surface area contributed by atoms with Gasteiger partial charge in [0.1, 0.15) is 5.75 Å². The van der Waals surface area contributed by atoms with Crippen molar-refractivity contribution in [1.29, 1.82) is 0 Å². The van der Waals surface area contributed by atoms with Gasteiger partial charge in [0.25, 0.3) is 0 Å². The van der Waals surface area contributed by atoms with Crippen molar-refractivity contribution in [2.24, 2.45) is 17.8 Å². The molecule has 2 atom stereocenters. The first-order valence-corrected chi connectivity index (χ1v) is 11.2. The summed E-state index contributed by atoms with van der Waals surface area (Å²) in [5.74, 6) is 3.71. The minimum atomic E-state index is 0.0952. The fraction of sp³-hybridized carbons (Fsp3) is 0.292. The Morgan fingerprint density at radius 2 is 1.65 bits per heavy atom. The van der Waals surface area contributed by atoms with Gasteiger partial charge in [0.05, 0.1) is 6.61 Å². The molecule has 2 aromatic carbocycles. The maximum atomic E-state index is 5.95. The number of hydrogen-bond donors (Lipinski definition) is 1. The van der Waals surface area contributed by atoms with Crippen LogP contribution in [0.15, 0.2) is 65.2 Å². The number of benzene rings is 2. The van der Waals surface area contributed by atoms with Gasteiger partial charge in [0.2, 0.25) is 23.5 Å². The Morgan fingerprint density at radius 3 is 2.38 bits per heavy atom. The van der Waals surface area contributed by atoms with Crippen LogP contribution in [0.3, 0.4) is 0 Å². The molecule has 10 nitrogen and oxygen atoms in total. The highest BCUT2D eigenvalue weighted by Gasteiger charge is 2.56. The molecule has 3 heterocycles. The van der Waals surface area contributed by atoms with E-state index in [1.54, 1.807) is 0 Å². The van der Waals surface area contributed by atoms with E-state index in [9.17, 15) is 0 Å². The van der Waals surface area contributed by atoms with E-state index in [4.69, 9.17) is 15.0 Å². The molecule has 1 saturated heterocycles. The lowest BCUT2D eigenvalue weighted by Crippen LogP contribution is -2.25. The summed E-state index contributed by atoms with van der Waals surface area (Å²) in [6, 6.07) is 20.2. The number of piperidine rings is 1. The van der Waals surface area contributed by atoms with Crippen molar-refractivity contribution in [1.82, 2.24) is 25.1 Å². The van der Waals surface area contributed by atoms with Gasteiger partial charge >= 0.3 is 6.01 Å². The number of rotatable bonds is 7. The Balaban J connectivity index is 1.12. The van der Waals surface area contributed by atoms with Crippen LogP contribution in [0.4, 0.5) is 23.6 Å². The smallest absolute Gasteiger partial charge is 0.324 e. The number of ether oxygens (including phenoxy) is 1. The second-order valence-corrected chi connectivity index (χ2v) is 8.63. The van der Waals surface area contributed by atoms with Crippen LogP contribution in [0.1, 0.15) is 0 Å². The Hall–Kier alpha value is -4.21. The fourth-order valence-electron chi connectivity index (χ4n) is 4.59. The van der Waals surface area contributed by atoms with Crippen molar-refractivity contribution in [3.63, 3.8) is 0 Å². The second-order valence-electron chi connectivity index (χ2n) is 8.63. The Morgan fingerprint density at radius 1 is 0.941 bits per heavy atom. The molecule has 2 aliphatic rings. The molecule has 2 N–H and O–H groups in total. The normalized spacial score (nSPS) is 20.7. The predicted octanol–water partition coefficient (Wildman–Crippen LogP) is 3.03. The van der Waals surface area contributed by atoms with Gasteiger partial charge in [-0.15, -0.1) is 0 Å². The average molecular weight is 457 g/mol. The van der Waals surface area contributed by atoms with E-state index in [2.05, 4.69) is 30.0 Å². The topological polar surface area (TPSA) is 119 Å². The fourth-order valence-corrected chi connectivity index (χ4v) is 4.59. The van der Waals surface area contributed by atoms with Gasteiger partial charge in [0, 0.05) is 31.7 Å². The van der Waals surface area contributed by atoms with E-state index in [0.29, 0.717) is 29.7 Å². The van der Waals surface area contributed by atoms with Crippen molar-refractivity contribution in [3.8, 4) is 17.4 Å². The molecule has 0 bridgehead atoms. The first-order valence-electron chi connectivity index (χ1n) is 11.2. The number of nitrogens with zero attached hydrogens (tertiary/aromatic N) is 7. The lowest BCUT2D eigenvalue weighted by Gasteiger charge is -2.17. The molecular formula is C24H24N8O2. The summed E-state index contributed by atoms with van der Waals surface area (Å²) in [6.45, 7) is 2.48. The van der Waals surface area contributed by atoms with Gasteiger partial charge in [-0.3, -0.25) is 0 Å². The molecule has 10 heteroatoms. The first kappa shape index (κ1) is 20.4. The number of hydrogen-bond acceptors (Lipinski definition) is 10. The standard InChI is InChI=1S/C24H24N8O2/c1-31(15-8-4-2-5-9-15)23-27-20(26-22(25)29-23)21-28-24(34-30-21)32-12-17-18(13-32)19(17)14-33-16-10-6-3-7-11-16/h2-11,17-19H,12-14H2,1H3,(H2,25,26,27,29). The van der Waals surface area contributed by atoms with Gasteiger partial charge < -0.3 is 24.8 Å². The highest BCUT2D eigenvalue weighted by atomic mass is 16.5. The quantitative estimate of drug-likeness (QED) is 0.444. The highest BCUT2D eigenvalue weighted by Crippen LogP contribution is 2.52. The molecule has 0 spiro atoms. The van der Waals surface area contributed by atoms with Gasteiger partial charge in [-0.05, 0) is 36.1 Å². The Labute approximate surface area is 196 Å². The molecule has 1 saturated carbocycles. The van der Waals surface area contributed by atoms with Gasteiger partial charge in [0.15, 0.2) is 0 Å². The van der Waals surface area contributed by atoms with E-state index in [1.807, 2.05) is 72.6 Å². The van der Waals surface area contributed by atoms with Crippen molar-refractivity contribution in [2.45, 2.75) is 0 Å². The SMILES string of the molecule is CN(c1ccccc1)c1nc(N)nc(-c2noc(N3CC4C(COc5ccccc5)C4C3)n2)n1. The van der Waals surface area contributed by atoms with E-state index >= 15 is 0 Å². The Kier molecular flexibility index (Phi) is 4.97. The molecular weight excluding hydrogens is 432 g/mol. The zero-order valence-electron chi connectivity index (χ0n) is 18.7. The minimum Gasteiger partial charge on any atom is -0.493 e. The van der Waals surface area contributed by atoms with Crippen molar-refractivity contribution in [3.05, 3.63) is 60.7 Å². The summed E-state index contributed by atoms with van der Waals surface area (Å²) in [5, 5.41) is 4.10. The lowest BCUT2D eigenvalue weighted by atomic mass is 10.3. The zero-order valence-corrected chi connectivity index (χ0v) is 18.7. The zero-order chi connectivity index (χ0) is 23.1. The second kappa shape index (κ2) is 8.29. The monoisotopic (exact) mass is 456 g/mol. The number of para-hydroxylation sites is 2. The van der Waals surface area contributed by atoms with Crippen molar-refractivity contribution >= 4 is 23.6 Å². The van der Waals surface area contributed by atoms with E-state index < -0.39 is 0 Å². The average Bonchev–Trinajstić information content (AvgIpc) is 3.24. The number of nitrogen functional groups attached to an aromatic ring is 1. The molecule has 2 unspecified atom stereocenters.